The molecule has 8 heteroatoms. The summed E-state index contributed by atoms with van der Waals surface area (Å²) in [5, 5.41) is 4.73. The molecule has 0 radical (unpaired) electrons. The van der Waals surface area contributed by atoms with Crippen LogP contribution in [0, 0.1) is 0 Å². The first-order chi connectivity index (χ1) is 13.6. The number of hydrogen-bond donors (Lipinski definition) is 3. The lowest BCUT2D eigenvalue weighted by atomic mass is 10.1. The maximum atomic E-state index is 12.7. The summed E-state index contributed by atoms with van der Waals surface area (Å²) < 4.78 is 0.911. The van der Waals surface area contributed by atoms with Crippen LogP contribution in [-0.2, 0) is 17.8 Å². The fourth-order valence-electron chi connectivity index (χ4n) is 3.09. The molecule has 3 heterocycles. The predicted octanol–water partition coefficient (Wildman–Crippen LogP) is 2.11. The minimum absolute atomic E-state index is 0.268. The molecule has 4 rings (SSSR count). The fourth-order valence-corrected chi connectivity index (χ4v) is 3.80. The molecule has 0 bridgehead atoms. The van der Waals surface area contributed by atoms with Gasteiger partial charge in [-0.25, -0.2) is 9.36 Å². The van der Waals surface area contributed by atoms with Gasteiger partial charge in [0.15, 0.2) is 0 Å². The summed E-state index contributed by atoms with van der Waals surface area (Å²) in [7, 11) is 0. The van der Waals surface area contributed by atoms with Crippen LogP contribution < -0.4 is 16.6 Å². The lowest BCUT2D eigenvalue weighted by Gasteiger charge is -2.07. The Kier molecular flexibility index (Phi) is 4.94. The Hall–Kier alpha value is -3.39. The van der Waals surface area contributed by atoms with E-state index in [2.05, 4.69) is 15.3 Å². The molecule has 1 aromatic carbocycles. The summed E-state index contributed by atoms with van der Waals surface area (Å²) >= 11 is 1.62. The zero-order valence-corrected chi connectivity index (χ0v) is 15.7. The standard InChI is InChI=1S/C20H18N4O3S/c25-16(21-9-8-14-7-4-10-28-14)12-24-19(26)18-17(23-20(24)27)15(11-22-18)13-5-2-1-3-6-13/h1-7,10-11,22H,8-9,12H2,(H,21,25)(H,23,27). The molecule has 0 atom stereocenters. The van der Waals surface area contributed by atoms with Crippen molar-refractivity contribution >= 4 is 28.3 Å². The van der Waals surface area contributed by atoms with Crippen LogP contribution in [0.3, 0.4) is 0 Å². The maximum Gasteiger partial charge on any atom is 0.329 e. The quantitative estimate of drug-likeness (QED) is 0.467. The highest BCUT2D eigenvalue weighted by molar-refractivity contribution is 7.09. The zero-order chi connectivity index (χ0) is 19.5. The van der Waals surface area contributed by atoms with Gasteiger partial charge in [0.05, 0.1) is 5.52 Å². The van der Waals surface area contributed by atoms with Crippen molar-refractivity contribution in [2.24, 2.45) is 0 Å². The number of carbonyl (C=O) groups is 1. The van der Waals surface area contributed by atoms with Crippen molar-refractivity contribution in [3.05, 3.63) is 79.8 Å². The first-order valence-electron chi connectivity index (χ1n) is 8.82. The number of thiophene rings is 1. The molecule has 0 aliphatic carbocycles. The van der Waals surface area contributed by atoms with Gasteiger partial charge in [0.1, 0.15) is 12.1 Å². The molecule has 4 aromatic rings. The highest BCUT2D eigenvalue weighted by atomic mass is 32.1. The highest BCUT2D eigenvalue weighted by Crippen LogP contribution is 2.24. The Labute approximate surface area is 163 Å². The normalized spacial score (nSPS) is 11.0. The summed E-state index contributed by atoms with van der Waals surface area (Å²) in [4.78, 5) is 44.2. The summed E-state index contributed by atoms with van der Waals surface area (Å²) in [6.07, 6.45) is 2.40. The molecule has 7 nitrogen and oxygen atoms in total. The van der Waals surface area contributed by atoms with Gasteiger partial charge in [0.25, 0.3) is 5.56 Å². The predicted molar refractivity (Wildman–Crippen MR) is 110 cm³/mol. The number of hydrogen-bond acceptors (Lipinski definition) is 4. The Bertz CT molecular complexity index is 1220. The molecule has 0 spiro atoms. The number of aromatic amines is 2. The van der Waals surface area contributed by atoms with Gasteiger partial charge in [-0.1, -0.05) is 36.4 Å². The largest absolute Gasteiger partial charge is 0.355 e. The number of rotatable bonds is 6. The zero-order valence-electron chi connectivity index (χ0n) is 14.9. The van der Waals surface area contributed by atoms with Crippen LogP contribution >= 0.6 is 11.3 Å². The SMILES string of the molecule is O=C(Cn1c(=O)[nH]c2c(-c3ccccc3)c[nH]c2c1=O)NCCc1cccs1. The van der Waals surface area contributed by atoms with Gasteiger partial charge in [-0.05, 0) is 23.4 Å². The summed E-state index contributed by atoms with van der Waals surface area (Å²) in [5.41, 5.74) is 1.20. The summed E-state index contributed by atoms with van der Waals surface area (Å²) in [5.74, 6) is -0.377. The Balaban J connectivity index is 1.56. The molecule has 28 heavy (non-hydrogen) atoms. The molecule has 3 aromatic heterocycles. The Morgan fingerprint density at radius 3 is 2.64 bits per heavy atom. The lowest BCUT2D eigenvalue weighted by Crippen LogP contribution is -2.41. The van der Waals surface area contributed by atoms with Crippen molar-refractivity contribution < 1.29 is 4.79 Å². The van der Waals surface area contributed by atoms with Crippen LogP contribution in [0.5, 0.6) is 0 Å². The molecular formula is C20H18N4O3S. The molecule has 1 amide bonds. The number of benzene rings is 1. The number of nitrogens with one attached hydrogen (secondary N) is 3. The number of nitrogens with zero attached hydrogens (tertiary/aromatic N) is 1. The van der Waals surface area contributed by atoms with E-state index in [9.17, 15) is 14.4 Å². The molecule has 0 saturated heterocycles. The van der Waals surface area contributed by atoms with Crippen molar-refractivity contribution in [1.82, 2.24) is 19.9 Å². The molecule has 0 saturated carbocycles. The molecule has 0 unspecified atom stereocenters. The molecular weight excluding hydrogens is 376 g/mol. The maximum absolute atomic E-state index is 12.7. The first-order valence-corrected chi connectivity index (χ1v) is 9.70. The fraction of sp³-hybridized carbons (Fsp3) is 0.150. The van der Waals surface area contributed by atoms with Gasteiger partial charge < -0.3 is 15.3 Å². The molecule has 3 N–H and O–H groups in total. The average molecular weight is 394 g/mol. The van der Waals surface area contributed by atoms with Gasteiger partial charge in [0.2, 0.25) is 5.91 Å². The minimum atomic E-state index is -0.609. The number of carbonyl (C=O) groups excluding carboxylic acids is 1. The van der Waals surface area contributed by atoms with E-state index in [0.29, 0.717) is 18.5 Å². The van der Waals surface area contributed by atoms with Crippen LogP contribution in [0.15, 0.2) is 63.6 Å². The first kappa shape index (κ1) is 18.0. The van der Waals surface area contributed by atoms with Crippen molar-refractivity contribution in [1.29, 1.82) is 0 Å². The van der Waals surface area contributed by atoms with Crippen LogP contribution in [0.2, 0.25) is 0 Å². The molecule has 0 fully saturated rings. The molecule has 142 valence electrons. The van der Waals surface area contributed by atoms with E-state index >= 15 is 0 Å². The third-order valence-electron chi connectivity index (χ3n) is 4.48. The van der Waals surface area contributed by atoms with E-state index < -0.39 is 11.2 Å². The van der Waals surface area contributed by atoms with E-state index in [1.807, 2.05) is 47.8 Å². The number of fused-ring (bicyclic) bond motifs is 1. The van der Waals surface area contributed by atoms with E-state index in [1.165, 1.54) is 0 Å². The van der Waals surface area contributed by atoms with Gasteiger partial charge in [-0.15, -0.1) is 11.3 Å². The van der Waals surface area contributed by atoms with Crippen molar-refractivity contribution in [3.63, 3.8) is 0 Å². The van der Waals surface area contributed by atoms with Gasteiger partial charge >= 0.3 is 5.69 Å². The average Bonchev–Trinajstić information content (AvgIpc) is 3.36. The van der Waals surface area contributed by atoms with Gasteiger partial charge in [-0.2, -0.15) is 0 Å². The second-order valence-corrected chi connectivity index (χ2v) is 7.35. The van der Waals surface area contributed by atoms with Crippen molar-refractivity contribution in [2.75, 3.05) is 6.54 Å². The van der Waals surface area contributed by atoms with E-state index in [4.69, 9.17) is 0 Å². The second kappa shape index (κ2) is 7.69. The number of H-pyrrole nitrogens is 2. The minimum Gasteiger partial charge on any atom is -0.355 e. The monoisotopic (exact) mass is 394 g/mol. The van der Waals surface area contributed by atoms with E-state index in [0.717, 1.165) is 20.6 Å². The lowest BCUT2D eigenvalue weighted by molar-refractivity contribution is -0.121. The topological polar surface area (TPSA) is 99.8 Å². The van der Waals surface area contributed by atoms with Gasteiger partial charge in [0, 0.05) is 23.2 Å². The van der Waals surface area contributed by atoms with Crippen LogP contribution in [-0.4, -0.2) is 27.0 Å². The van der Waals surface area contributed by atoms with Crippen LogP contribution in [0.4, 0.5) is 0 Å². The third-order valence-corrected chi connectivity index (χ3v) is 5.41. The summed E-state index contributed by atoms with van der Waals surface area (Å²) in [6, 6.07) is 13.4. The Morgan fingerprint density at radius 2 is 1.89 bits per heavy atom. The number of aromatic nitrogens is 3. The number of amides is 1. The summed E-state index contributed by atoms with van der Waals surface area (Å²) in [6.45, 7) is 0.128. The van der Waals surface area contributed by atoms with Gasteiger partial charge in [-0.3, -0.25) is 9.59 Å². The van der Waals surface area contributed by atoms with Crippen molar-refractivity contribution in [3.8, 4) is 11.1 Å². The molecule has 0 aliphatic heterocycles. The smallest absolute Gasteiger partial charge is 0.329 e. The van der Waals surface area contributed by atoms with Crippen LogP contribution in [0.25, 0.3) is 22.2 Å². The van der Waals surface area contributed by atoms with Crippen LogP contribution in [0.1, 0.15) is 4.88 Å². The van der Waals surface area contributed by atoms with E-state index in [-0.39, 0.29) is 18.0 Å². The highest BCUT2D eigenvalue weighted by Gasteiger charge is 2.15. The molecule has 0 aliphatic rings. The van der Waals surface area contributed by atoms with E-state index in [1.54, 1.807) is 17.5 Å². The second-order valence-electron chi connectivity index (χ2n) is 6.32. The van der Waals surface area contributed by atoms with Crippen molar-refractivity contribution in [2.45, 2.75) is 13.0 Å². The third kappa shape index (κ3) is 3.54. The Morgan fingerprint density at radius 1 is 1.07 bits per heavy atom.